The van der Waals surface area contributed by atoms with Crippen molar-refractivity contribution in [2.75, 3.05) is 6.54 Å². The molecule has 0 spiro atoms. The molecule has 0 fully saturated rings. The van der Waals surface area contributed by atoms with Gasteiger partial charge in [-0.25, -0.2) is 0 Å². The molecule has 0 saturated heterocycles. The van der Waals surface area contributed by atoms with Crippen molar-refractivity contribution in [3.63, 3.8) is 0 Å². The summed E-state index contributed by atoms with van der Waals surface area (Å²) in [6.45, 7) is 4.71. The third-order valence-corrected chi connectivity index (χ3v) is 3.70. The number of nitrogens with one attached hydrogen (secondary N) is 1. The Kier molecular flexibility index (Phi) is 5.02. The van der Waals surface area contributed by atoms with Crippen molar-refractivity contribution in [1.82, 2.24) is 5.32 Å². The van der Waals surface area contributed by atoms with Crippen molar-refractivity contribution in [2.45, 2.75) is 38.8 Å². The summed E-state index contributed by atoms with van der Waals surface area (Å²) >= 11 is 3.46. The Morgan fingerprint density at radius 1 is 1.37 bits per heavy atom. The van der Waals surface area contributed by atoms with Crippen molar-refractivity contribution in [1.29, 1.82) is 0 Å². The molecule has 1 aromatic heterocycles. The molecule has 1 aromatic carbocycles. The zero-order valence-corrected chi connectivity index (χ0v) is 12.9. The van der Waals surface area contributed by atoms with Crippen LogP contribution >= 0.6 is 15.9 Å². The number of aliphatic hydroxyl groups is 1. The van der Waals surface area contributed by atoms with Crippen molar-refractivity contribution >= 4 is 26.9 Å². The second kappa shape index (κ2) is 6.55. The number of hydrogen-bond acceptors (Lipinski definition) is 3. The molecule has 2 atom stereocenters. The van der Waals surface area contributed by atoms with E-state index in [1.165, 1.54) is 0 Å². The van der Waals surface area contributed by atoms with Crippen LogP contribution in [0.15, 0.2) is 33.2 Å². The molecule has 1 heterocycles. The summed E-state index contributed by atoms with van der Waals surface area (Å²) in [4.78, 5) is 0. The van der Waals surface area contributed by atoms with Crippen LogP contribution in [0.4, 0.5) is 0 Å². The van der Waals surface area contributed by atoms with E-state index in [-0.39, 0.29) is 12.1 Å². The van der Waals surface area contributed by atoms with Crippen LogP contribution in [0.3, 0.4) is 0 Å². The smallest absolute Gasteiger partial charge is 0.134 e. The van der Waals surface area contributed by atoms with E-state index in [1.807, 2.05) is 31.2 Å². The van der Waals surface area contributed by atoms with E-state index >= 15 is 0 Å². The quantitative estimate of drug-likeness (QED) is 0.843. The Morgan fingerprint density at radius 3 is 2.89 bits per heavy atom. The molecule has 19 heavy (non-hydrogen) atoms. The maximum Gasteiger partial charge on any atom is 0.134 e. The van der Waals surface area contributed by atoms with Crippen LogP contribution in [0.25, 0.3) is 11.0 Å². The third kappa shape index (κ3) is 3.81. The molecule has 2 N–H and O–H groups in total. The van der Waals surface area contributed by atoms with Gasteiger partial charge >= 0.3 is 0 Å². The Morgan fingerprint density at radius 2 is 2.16 bits per heavy atom. The van der Waals surface area contributed by atoms with Crippen LogP contribution in [0.2, 0.25) is 0 Å². The fourth-order valence-corrected chi connectivity index (χ4v) is 2.48. The highest BCUT2D eigenvalue weighted by Gasteiger charge is 2.12. The zero-order valence-electron chi connectivity index (χ0n) is 11.3. The number of hydrogen-bond donors (Lipinski definition) is 2. The molecule has 3 nitrogen and oxygen atoms in total. The van der Waals surface area contributed by atoms with Crippen LogP contribution in [0.1, 0.15) is 38.5 Å². The number of benzene rings is 1. The maximum atomic E-state index is 9.72. The van der Waals surface area contributed by atoms with Crippen LogP contribution in [0.5, 0.6) is 0 Å². The Balaban J connectivity index is 2.02. The molecular formula is C15H20BrNO2. The molecule has 2 aromatic rings. The van der Waals surface area contributed by atoms with Crippen LogP contribution < -0.4 is 5.32 Å². The summed E-state index contributed by atoms with van der Waals surface area (Å²) in [5.41, 5.74) is 0.890. The number of rotatable bonds is 6. The van der Waals surface area contributed by atoms with Gasteiger partial charge in [-0.3, -0.25) is 0 Å². The van der Waals surface area contributed by atoms with E-state index in [0.29, 0.717) is 6.54 Å². The lowest BCUT2D eigenvalue weighted by Crippen LogP contribution is -2.28. The fourth-order valence-electron chi connectivity index (χ4n) is 2.10. The average molecular weight is 326 g/mol. The lowest BCUT2D eigenvalue weighted by molar-refractivity contribution is 0.156. The first-order valence-corrected chi connectivity index (χ1v) is 7.50. The molecule has 0 saturated carbocycles. The highest BCUT2D eigenvalue weighted by Crippen LogP contribution is 2.26. The van der Waals surface area contributed by atoms with Gasteiger partial charge in [-0.05, 0) is 37.6 Å². The zero-order chi connectivity index (χ0) is 13.8. The van der Waals surface area contributed by atoms with Gasteiger partial charge in [-0.15, -0.1) is 0 Å². The van der Waals surface area contributed by atoms with E-state index < -0.39 is 0 Å². The summed E-state index contributed by atoms with van der Waals surface area (Å²) in [6, 6.07) is 8.11. The van der Waals surface area contributed by atoms with Gasteiger partial charge in [-0.1, -0.05) is 29.3 Å². The molecule has 0 aliphatic carbocycles. The first-order valence-electron chi connectivity index (χ1n) is 6.70. The molecule has 0 amide bonds. The summed E-state index contributed by atoms with van der Waals surface area (Å²) in [6.07, 6.45) is 1.54. The van der Waals surface area contributed by atoms with Crippen LogP contribution in [-0.2, 0) is 0 Å². The molecule has 0 aliphatic heterocycles. The van der Waals surface area contributed by atoms with Crippen molar-refractivity contribution in [3.8, 4) is 0 Å². The summed E-state index contributed by atoms with van der Waals surface area (Å²) in [7, 11) is 0. The predicted molar refractivity (Wildman–Crippen MR) is 81.2 cm³/mol. The molecule has 104 valence electrons. The Bertz CT molecular complexity index is 538. The van der Waals surface area contributed by atoms with Crippen LogP contribution in [0, 0.1) is 0 Å². The number of halogens is 1. The van der Waals surface area contributed by atoms with Gasteiger partial charge in [0.15, 0.2) is 0 Å². The molecular weight excluding hydrogens is 306 g/mol. The highest BCUT2D eigenvalue weighted by molar-refractivity contribution is 9.10. The molecule has 4 heteroatoms. The monoisotopic (exact) mass is 325 g/mol. The normalized spacial score (nSPS) is 14.7. The Labute approximate surface area is 122 Å². The first-order chi connectivity index (χ1) is 9.10. The van der Waals surface area contributed by atoms with Gasteiger partial charge in [0, 0.05) is 16.4 Å². The van der Waals surface area contributed by atoms with E-state index in [1.54, 1.807) is 0 Å². The molecule has 2 unspecified atom stereocenters. The van der Waals surface area contributed by atoms with E-state index in [4.69, 9.17) is 4.42 Å². The molecule has 2 rings (SSSR count). The first kappa shape index (κ1) is 14.6. The van der Waals surface area contributed by atoms with Gasteiger partial charge in [0.05, 0.1) is 12.1 Å². The van der Waals surface area contributed by atoms with Gasteiger partial charge in [0.2, 0.25) is 0 Å². The van der Waals surface area contributed by atoms with E-state index in [2.05, 4.69) is 28.2 Å². The summed E-state index contributed by atoms with van der Waals surface area (Å²) in [5.74, 6) is 0.900. The second-order valence-corrected chi connectivity index (χ2v) is 5.82. The van der Waals surface area contributed by atoms with Crippen LogP contribution in [-0.4, -0.2) is 17.8 Å². The van der Waals surface area contributed by atoms with Crippen molar-refractivity contribution in [2.24, 2.45) is 0 Å². The van der Waals surface area contributed by atoms with Gasteiger partial charge in [-0.2, -0.15) is 0 Å². The predicted octanol–water partition coefficient (Wildman–Crippen LogP) is 4.01. The average Bonchev–Trinajstić information content (AvgIpc) is 2.79. The lowest BCUT2D eigenvalue weighted by Gasteiger charge is -2.14. The number of fused-ring (bicyclic) bond motifs is 1. The topological polar surface area (TPSA) is 45.4 Å². The van der Waals surface area contributed by atoms with Gasteiger partial charge < -0.3 is 14.8 Å². The minimum absolute atomic E-state index is 0.0951. The minimum atomic E-state index is -0.286. The van der Waals surface area contributed by atoms with Gasteiger partial charge in [0.25, 0.3) is 0 Å². The lowest BCUT2D eigenvalue weighted by atomic mass is 10.2. The molecule has 0 aliphatic rings. The molecule has 0 radical (unpaired) electrons. The number of furan rings is 1. The SMILES string of the molecule is CCCC(O)CNC(C)c1cc2cc(Br)ccc2o1. The second-order valence-electron chi connectivity index (χ2n) is 4.90. The standard InChI is InChI=1S/C15H20BrNO2/c1-3-4-13(18)9-17-10(2)15-8-11-7-12(16)5-6-14(11)19-15/h5-8,10,13,17-18H,3-4,9H2,1-2H3. The van der Waals surface area contributed by atoms with Crippen molar-refractivity contribution in [3.05, 3.63) is 34.5 Å². The molecule has 0 bridgehead atoms. The van der Waals surface area contributed by atoms with E-state index in [9.17, 15) is 5.11 Å². The minimum Gasteiger partial charge on any atom is -0.459 e. The summed E-state index contributed by atoms with van der Waals surface area (Å²) < 4.78 is 6.86. The van der Waals surface area contributed by atoms with Crippen molar-refractivity contribution < 1.29 is 9.52 Å². The largest absolute Gasteiger partial charge is 0.459 e. The highest BCUT2D eigenvalue weighted by atomic mass is 79.9. The maximum absolute atomic E-state index is 9.72. The number of aliphatic hydroxyl groups excluding tert-OH is 1. The fraction of sp³-hybridized carbons (Fsp3) is 0.467. The Hall–Kier alpha value is -0.840. The summed E-state index contributed by atoms with van der Waals surface area (Å²) in [5, 5.41) is 14.1. The third-order valence-electron chi connectivity index (χ3n) is 3.21. The van der Waals surface area contributed by atoms with E-state index in [0.717, 1.165) is 34.0 Å². The van der Waals surface area contributed by atoms with Gasteiger partial charge in [0.1, 0.15) is 11.3 Å².